The van der Waals surface area contributed by atoms with Gasteiger partial charge in [-0.1, -0.05) is 60.5 Å². The molecule has 2 amide bonds. The van der Waals surface area contributed by atoms with Gasteiger partial charge in [0.05, 0.1) is 0 Å². The summed E-state index contributed by atoms with van der Waals surface area (Å²) in [6, 6.07) is 0. The topological polar surface area (TPSA) is 84.2 Å². The van der Waals surface area contributed by atoms with E-state index >= 15 is 0 Å². The van der Waals surface area contributed by atoms with Crippen molar-refractivity contribution in [3.8, 4) is 12.3 Å². The number of allylic oxidation sites excluding steroid dienone is 1. The summed E-state index contributed by atoms with van der Waals surface area (Å²) in [6.07, 6.45) is 28.3. The maximum atomic E-state index is 13.1. The molecule has 4 N–H and O–H groups in total. The van der Waals surface area contributed by atoms with E-state index in [9.17, 15) is 9.59 Å². The zero-order valence-corrected chi connectivity index (χ0v) is 29.1. The number of nitrogens with one attached hydrogen (secondary N) is 2. The number of hydrogen-bond acceptors (Lipinski definition) is 3. The Morgan fingerprint density at radius 1 is 0.955 bits per heavy atom. The van der Waals surface area contributed by atoms with Gasteiger partial charge in [-0.3, -0.25) is 9.59 Å². The van der Waals surface area contributed by atoms with Crippen LogP contribution in [0.5, 0.6) is 0 Å². The fraction of sp³-hybridized carbons (Fsp3) is 0.846. The third kappa shape index (κ3) is 7.76. The van der Waals surface area contributed by atoms with Crippen LogP contribution in [0.15, 0.2) is 12.2 Å². The lowest BCUT2D eigenvalue weighted by molar-refractivity contribution is -0.131. The number of unbranched alkanes of at least 4 members (excludes halogenated alkanes) is 1. The molecule has 8 atom stereocenters. The number of carbonyl (C=O) groups is 2. The van der Waals surface area contributed by atoms with Gasteiger partial charge in [-0.25, -0.2) is 0 Å². The summed E-state index contributed by atoms with van der Waals surface area (Å²) in [7, 11) is 0. The smallest absolute Gasteiger partial charge is 0.245 e. The molecule has 0 aliphatic heterocycles. The minimum absolute atomic E-state index is 0.0158. The van der Waals surface area contributed by atoms with Gasteiger partial charge in [0.15, 0.2) is 0 Å². The molecule has 0 aromatic rings. The quantitative estimate of drug-likeness (QED) is 0.0855. The van der Waals surface area contributed by atoms with Gasteiger partial charge >= 0.3 is 0 Å². The highest BCUT2D eigenvalue weighted by molar-refractivity contribution is 5.88. The number of carbonyl (C=O) groups excluding carboxylic acids is 2. The monoisotopic (exact) mass is 608 g/mol. The van der Waals surface area contributed by atoms with Crippen LogP contribution in [0.25, 0.3) is 0 Å². The maximum absolute atomic E-state index is 13.1. The molecule has 4 aliphatic rings. The Balaban J connectivity index is 1.22. The average Bonchev–Trinajstić information content (AvgIpc) is 3.32. The van der Waals surface area contributed by atoms with Gasteiger partial charge in [0.1, 0.15) is 6.17 Å². The van der Waals surface area contributed by atoms with E-state index in [4.69, 9.17) is 12.2 Å². The fourth-order valence-corrected chi connectivity index (χ4v) is 10.2. The summed E-state index contributed by atoms with van der Waals surface area (Å²) < 4.78 is 0. The molecule has 4 saturated carbocycles. The summed E-state index contributed by atoms with van der Waals surface area (Å²) >= 11 is 0. The lowest BCUT2D eigenvalue weighted by Crippen LogP contribution is -2.52. The lowest BCUT2D eigenvalue weighted by Gasteiger charge is -2.60. The van der Waals surface area contributed by atoms with E-state index < -0.39 is 11.6 Å². The minimum atomic E-state index is -0.581. The van der Waals surface area contributed by atoms with Crippen molar-refractivity contribution in [1.29, 1.82) is 0 Å². The molecule has 248 valence electrons. The highest BCUT2D eigenvalue weighted by Crippen LogP contribution is 2.67. The second kappa shape index (κ2) is 14.3. The van der Waals surface area contributed by atoms with E-state index in [1.807, 2.05) is 19.9 Å². The first-order valence-corrected chi connectivity index (χ1v) is 18.2. The van der Waals surface area contributed by atoms with Crippen molar-refractivity contribution in [3.05, 3.63) is 12.2 Å². The molecule has 44 heavy (non-hydrogen) atoms. The predicted octanol–water partition coefficient (Wildman–Crippen LogP) is 8.14. The Morgan fingerprint density at radius 2 is 1.70 bits per heavy atom. The molecule has 5 nitrogen and oxygen atoms in total. The van der Waals surface area contributed by atoms with Gasteiger partial charge < -0.3 is 16.4 Å². The Morgan fingerprint density at radius 3 is 2.43 bits per heavy atom. The minimum Gasteiger partial charge on any atom is -0.335 e. The number of rotatable bonds is 13. The standard InChI is InChI=1S/C39H65N3O2/c1-8-14-33(42-35(44)37(4,5)26-25-36(2,3)27-40)41-34(43)17-11-9-10-15-29-19-21-31-30-20-18-28-16-12-13-23-38(28,6)32(30)22-24-39(29,31)7/h1,11,17,28-33H,9-10,12-16,18-27,40H2,2-7H3,(H,41,43)(H,42,44)/b17-11+/t28?,29?,30?,31?,32?,33?,38-,39?/m1/s1. The molecule has 0 bridgehead atoms. The first-order valence-electron chi connectivity index (χ1n) is 18.2. The first kappa shape index (κ1) is 35.1. The van der Waals surface area contributed by atoms with Gasteiger partial charge in [0.25, 0.3) is 0 Å². The first-order chi connectivity index (χ1) is 20.8. The van der Waals surface area contributed by atoms with Crippen LogP contribution in [0.1, 0.15) is 144 Å². The molecule has 0 spiro atoms. The van der Waals surface area contributed by atoms with E-state index in [0.29, 0.717) is 23.8 Å². The molecule has 0 saturated heterocycles. The summed E-state index contributed by atoms with van der Waals surface area (Å²) in [6.45, 7) is 14.0. The Hall–Kier alpha value is -1.80. The van der Waals surface area contributed by atoms with E-state index in [0.717, 1.165) is 48.9 Å². The van der Waals surface area contributed by atoms with Gasteiger partial charge in [0, 0.05) is 11.8 Å². The summed E-state index contributed by atoms with van der Waals surface area (Å²) in [5.41, 5.74) is 6.40. The van der Waals surface area contributed by atoms with Gasteiger partial charge in [-0.15, -0.1) is 12.3 Å². The van der Waals surface area contributed by atoms with Crippen LogP contribution in [0.3, 0.4) is 0 Å². The SMILES string of the molecule is C#CCC(NC(=O)/C=C/CCCC1CCC2C3CCC4CCCC[C@@]4(C)C3CCC12C)NC(=O)C(C)(C)CCC(C)(C)CN. The van der Waals surface area contributed by atoms with E-state index in [-0.39, 0.29) is 23.7 Å². The Bertz CT molecular complexity index is 1070. The summed E-state index contributed by atoms with van der Waals surface area (Å²) in [4.78, 5) is 25.8. The number of fused-ring (bicyclic) bond motifs is 5. The van der Waals surface area contributed by atoms with Crippen molar-refractivity contribution >= 4 is 11.8 Å². The summed E-state index contributed by atoms with van der Waals surface area (Å²) in [5.74, 6) is 6.95. The molecular weight excluding hydrogens is 542 g/mol. The number of amides is 2. The van der Waals surface area contributed by atoms with Crippen LogP contribution in [-0.4, -0.2) is 24.5 Å². The lowest BCUT2D eigenvalue weighted by atomic mass is 9.45. The Labute approximate surface area is 270 Å². The number of hydrogen-bond donors (Lipinski definition) is 3. The number of terminal acetylenes is 1. The van der Waals surface area contributed by atoms with Crippen molar-refractivity contribution in [3.63, 3.8) is 0 Å². The van der Waals surface area contributed by atoms with Crippen LogP contribution < -0.4 is 16.4 Å². The molecule has 4 rings (SSSR count). The van der Waals surface area contributed by atoms with Crippen LogP contribution in [0, 0.1) is 63.6 Å². The second-order valence-electron chi connectivity index (χ2n) is 17.2. The summed E-state index contributed by atoms with van der Waals surface area (Å²) in [5, 5.41) is 5.88. The van der Waals surface area contributed by atoms with Crippen LogP contribution in [0.2, 0.25) is 0 Å². The third-order valence-corrected chi connectivity index (χ3v) is 13.5. The fourth-order valence-electron chi connectivity index (χ4n) is 10.2. The molecule has 4 aliphatic carbocycles. The zero-order chi connectivity index (χ0) is 32.2. The van der Waals surface area contributed by atoms with Gasteiger partial charge in [-0.2, -0.15) is 0 Å². The van der Waals surface area contributed by atoms with Crippen LogP contribution in [-0.2, 0) is 9.59 Å². The van der Waals surface area contributed by atoms with Crippen molar-refractivity contribution in [2.75, 3.05) is 6.54 Å². The van der Waals surface area contributed by atoms with Crippen molar-refractivity contribution < 1.29 is 9.59 Å². The molecular formula is C39H65N3O2. The molecule has 0 heterocycles. The molecule has 0 aromatic heterocycles. The van der Waals surface area contributed by atoms with Gasteiger partial charge in [-0.05, 0) is 142 Å². The molecule has 5 heteroatoms. The van der Waals surface area contributed by atoms with Gasteiger partial charge in [0.2, 0.25) is 11.8 Å². The molecule has 0 radical (unpaired) electrons. The maximum Gasteiger partial charge on any atom is 0.245 e. The third-order valence-electron chi connectivity index (χ3n) is 13.5. The van der Waals surface area contributed by atoms with Crippen molar-refractivity contribution in [2.45, 2.75) is 150 Å². The average molecular weight is 608 g/mol. The second-order valence-corrected chi connectivity index (χ2v) is 17.2. The highest BCUT2D eigenvalue weighted by atomic mass is 16.2. The normalized spacial score (nSPS) is 34.4. The predicted molar refractivity (Wildman–Crippen MR) is 182 cm³/mol. The molecule has 0 aromatic carbocycles. The van der Waals surface area contributed by atoms with E-state index in [1.54, 1.807) is 6.08 Å². The Kier molecular flexibility index (Phi) is 11.4. The van der Waals surface area contributed by atoms with E-state index in [2.05, 4.69) is 44.2 Å². The van der Waals surface area contributed by atoms with Crippen molar-refractivity contribution in [1.82, 2.24) is 10.6 Å². The number of nitrogens with two attached hydrogens (primary N) is 1. The van der Waals surface area contributed by atoms with Crippen molar-refractivity contribution in [2.24, 2.45) is 57.0 Å². The highest BCUT2D eigenvalue weighted by Gasteiger charge is 2.59. The van der Waals surface area contributed by atoms with Crippen LogP contribution in [0.4, 0.5) is 0 Å². The largest absolute Gasteiger partial charge is 0.335 e. The molecule has 7 unspecified atom stereocenters. The van der Waals surface area contributed by atoms with Crippen LogP contribution >= 0.6 is 0 Å². The molecule has 4 fully saturated rings. The zero-order valence-electron chi connectivity index (χ0n) is 29.1. The van der Waals surface area contributed by atoms with E-state index in [1.165, 1.54) is 70.6 Å².